The fourth-order valence-electron chi connectivity index (χ4n) is 3.34. The van der Waals surface area contributed by atoms with Gasteiger partial charge < -0.3 is 10.2 Å². The van der Waals surface area contributed by atoms with Gasteiger partial charge in [0.2, 0.25) is 5.91 Å². The topological polar surface area (TPSA) is 66.5 Å². The van der Waals surface area contributed by atoms with Gasteiger partial charge in [0.1, 0.15) is 0 Å². The monoisotopic (exact) mass is 316 g/mol. The molecule has 0 spiro atoms. The van der Waals surface area contributed by atoms with E-state index in [0.29, 0.717) is 18.8 Å². The van der Waals surface area contributed by atoms with Crippen molar-refractivity contribution in [3.8, 4) is 0 Å². The maximum absolute atomic E-state index is 12.5. The van der Waals surface area contributed by atoms with Gasteiger partial charge in [-0.2, -0.15) is 0 Å². The number of piperidine rings is 1. The first-order valence-corrected chi connectivity index (χ1v) is 9.90. The van der Waals surface area contributed by atoms with Gasteiger partial charge in [0.25, 0.3) is 0 Å². The molecule has 0 aliphatic carbocycles. The van der Waals surface area contributed by atoms with E-state index < -0.39 is 9.84 Å². The largest absolute Gasteiger partial charge is 0.340 e. The summed E-state index contributed by atoms with van der Waals surface area (Å²) in [5.41, 5.74) is 0. The van der Waals surface area contributed by atoms with Crippen LogP contribution in [0.5, 0.6) is 0 Å². The highest BCUT2D eigenvalue weighted by Crippen LogP contribution is 2.24. The van der Waals surface area contributed by atoms with Crippen LogP contribution >= 0.6 is 0 Å². The molecule has 0 bridgehead atoms. The lowest BCUT2D eigenvalue weighted by Crippen LogP contribution is -2.43. The van der Waals surface area contributed by atoms with Gasteiger partial charge >= 0.3 is 0 Å². The third-order valence-electron chi connectivity index (χ3n) is 4.65. The van der Waals surface area contributed by atoms with E-state index in [1.165, 1.54) is 0 Å². The summed E-state index contributed by atoms with van der Waals surface area (Å²) in [6, 6.07) is 0.186. The molecular formula is C15H28N2O3S. The zero-order valence-electron chi connectivity index (χ0n) is 13.2. The van der Waals surface area contributed by atoms with Gasteiger partial charge in [-0.25, -0.2) is 8.42 Å². The van der Waals surface area contributed by atoms with Crippen molar-refractivity contribution in [3.63, 3.8) is 0 Å². The number of sulfone groups is 1. The van der Waals surface area contributed by atoms with Crippen molar-refractivity contribution in [2.75, 3.05) is 31.1 Å². The minimum atomic E-state index is -2.89. The van der Waals surface area contributed by atoms with Crippen LogP contribution < -0.4 is 5.32 Å². The summed E-state index contributed by atoms with van der Waals surface area (Å²) >= 11 is 0. The summed E-state index contributed by atoms with van der Waals surface area (Å²) in [5, 5.41) is 3.34. The fourth-order valence-corrected chi connectivity index (χ4v) is 5.20. The van der Waals surface area contributed by atoms with E-state index in [1.807, 2.05) is 18.7 Å². The minimum absolute atomic E-state index is 0.0248. The molecule has 5 nitrogen and oxygen atoms in total. The van der Waals surface area contributed by atoms with Gasteiger partial charge in [-0.1, -0.05) is 0 Å². The Bertz CT molecular complexity index is 456. The average Bonchev–Trinajstić information content (AvgIpc) is 2.76. The van der Waals surface area contributed by atoms with Crippen LogP contribution in [-0.4, -0.2) is 56.4 Å². The molecule has 2 aliphatic rings. The molecule has 1 unspecified atom stereocenters. The molecule has 0 radical (unpaired) electrons. The van der Waals surface area contributed by atoms with E-state index in [9.17, 15) is 13.2 Å². The third-order valence-corrected chi connectivity index (χ3v) is 6.48. The predicted octanol–water partition coefficient (Wildman–Crippen LogP) is 1.05. The molecule has 1 atom stereocenters. The van der Waals surface area contributed by atoms with Crippen LogP contribution in [0.15, 0.2) is 0 Å². The van der Waals surface area contributed by atoms with Crippen LogP contribution in [0.1, 0.15) is 39.5 Å². The zero-order chi connectivity index (χ0) is 15.5. The Hall–Kier alpha value is -0.620. The molecule has 2 rings (SSSR count). The van der Waals surface area contributed by atoms with E-state index in [1.54, 1.807) is 0 Å². The standard InChI is InChI=1S/C15H28N2O3S/c1-12(2)17(10-13-3-6-16-7-4-13)15(18)9-14-5-8-21(19,20)11-14/h12-14,16H,3-11H2,1-2H3. The molecule has 2 heterocycles. The molecule has 0 aromatic heterocycles. The smallest absolute Gasteiger partial charge is 0.223 e. The second kappa shape index (κ2) is 7.09. The first-order chi connectivity index (χ1) is 9.87. The number of amides is 1. The Labute approximate surface area is 128 Å². The van der Waals surface area contributed by atoms with Gasteiger partial charge in [-0.3, -0.25) is 4.79 Å². The Morgan fingerprint density at radius 3 is 2.38 bits per heavy atom. The molecular weight excluding hydrogens is 288 g/mol. The number of carbonyl (C=O) groups is 1. The molecule has 122 valence electrons. The van der Waals surface area contributed by atoms with Crippen LogP contribution in [0.25, 0.3) is 0 Å². The lowest BCUT2D eigenvalue weighted by atomic mass is 9.96. The summed E-state index contributed by atoms with van der Waals surface area (Å²) in [5.74, 6) is 1.17. The van der Waals surface area contributed by atoms with E-state index in [-0.39, 0.29) is 29.4 Å². The highest BCUT2D eigenvalue weighted by molar-refractivity contribution is 7.91. The van der Waals surface area contributed by atoms with Crippen LogP contribution in [-0.2, 0) is 14.6 Å². The van der Waals surface area contributed by atoms with Gasteiger partial charge in [-0.15, -0.1) is 0 Å². The molecule has 0 aromatic carbocycles. The van der Waals surface area contributed by atoms with E-state index in [4.69, 9.17) is 0 Å². The van der Waals surface area contributed by atoms with Crippen LogP contribution in [0.4, 0.5) is 0 Å². The number of rotatable bonds is 5. The van der Waals surface area contributed by atoms with Crippen LogP contribution in [0.2, 0.25) is 0 Å². The van der Waals surface area contributed by atoms with Gasteiger partial charge in [0, 0.05) is 19.0 Å². The van der Waals surface area contributed by atoms with E-state index >= 15 is 0 Å². The first kappa shape index (κ1) is 16.7. The van der Waals surface area contributed by atoms with Crippen LogP contribution in [0, 0.1) is 11.8 Å². The maximum atomic E-state index is 12.5. The lowest BCUT2D eigenvalue weighted by molar-refractivity contribution is -0.134. The predicted molar refractivity (Wildman–Crippen MR) is 83.8 cm³/mol. The number of hydrogen-bond donors (Lipinski definition) is 1. The SMILES string of the molecule is CC(C)N(CC1CCNCC1)C(=O)CC1CCS(=O)(=O)C1. The van der Waals surface area contributed by atoms with Gasteiger partial charge in [0.15, 0.2) is 9.84 Å². The second-order valence-corrected chi connectivity index (χ2v) is 9.04. The van der Waals surface area contributed by atoms with E-state index in [2.05, 4.69) is 5.32 Å². The summed E-state index contributed by atoms with van der Waals surface area (Å²) < 4.78 is 23.0. The summed E-state index contributed by atoms with van der Waals surface area (Å²) in [4.78, 5) is 14.5. The van der Waals surface area contributed by atoms with Crippen LogP contribution in [0.3, 0.4) is 0 Å². The summed E-state index contributed by atoms with van der Waals surface area (Å²) in [7, 11) is -2.89. The number of nitrogens with one attached hydrogen (secondary N) is 1. The highest BCUT2D eigenvalue weighted by Gasteiger charge is 2.31. The summed E-state index contributed by atoms with van der Waals surface area (Å²) in [6.07, 6.45) is 3.28. The molecule has 1 N–H and O–H groups in total. The Kier molecular flexibility index (Phi) is 5.66. The van der Waals surface area contributed by atoms with E-state index in [0.717, 1.165) is 32.5 Å². The minimum Gasteiger partial charge on any atom is -0.340 e. The highest BCUT2D eigenvalue weighted by atomic mass is 32.2. The normalized spacial score (nSPS) is 26.1. The molecule has 21 heavy (non-hydrogen) atoms. The number of carbonyl (C=O) groups excluding carboxylic acids is 1. The quantitative estimate of drug-likeness (QED) is 0.823. The molecule has 1 amide bonds. The molecule has 0 saturated carbocycles. The van der Waals surface area contributed by atoms with Crippen molar-refractivity contribution in [3.05, 3.63) is 0 Å². The fraction of sp³-hybridized carbons (Fsp3) is 0.933. The Balaban J connectivity index is 1.89. The number of nitrogens with zero attached hydrogens (tertiary/aromatic N) is 1. The van der Waals surface area contributed by atoms with Crippen molar-refractivity contribution in [1.29, 1.82) is 0 Å². The molecule has 2 fully saturated rings. The Morgan fingerprint density at radius 1 is 1.19 bits per heavy atom. The maximum Gasteiger partial charge on any atom is 0.223 e. The van der Waals surface area contributed by atoms with Crippen molar-refractivity contribution in [2.45, 2.75) is 45.6 Å². The van der Waals surface area contributed by atoms with Gasteiger partial charge in [0.05, 0.1) is 11.5 Å². The molecule has 6 heteroatoms. The molecule has 2 saturated heterocycles. The third kappa shape index (κ3) is 4.95. The second-order valence-electron chi connectivity index (χ2n) is 6.81. The summed E-state index contributed by atoms with van der Waals surface area (Å²) in [6.45, 7) is 6.98. The van der Waals surface area contributed by atoms with Crippen molar-refractivity contribution in [1.82, 2.24) is 10.2 Å². The van der Waals surface area contributed by atoms with Crippen molar-refractivity contribution < 1.29 is 13.2 Å². The molecule has 2 aliphatic heterocycles. The number of hydrogen-bond acceptors (Lipinski definition) is 4. The lowest BCUT2D eigenvalue weighted by Gasteiger charge is -2.33. The van der Waals surface area contributed by atoms with Crippen molar-refractivity contribution >= 4 is 15.7 Å². The zero-order valence-corrected chi connectivity index (χ0v) is 14.0. The van der Waals surface area contributed by atoms with Gasteiger partial charge in [-0.05, 0) is 58.0 Å². The average molecular weight is 316 g/mol. The Morgan fingerprint density at radius 2 is 1.86 bits per heavy atom. The molecule has 0 aromatic rings. The first-order valence-electron chi connectivity index (χ1n) is 8.08. The van der Waals surface area contributed by atoms with Crippen molar-refractivity contribution in [2.24, 2.45) is 11.8 Å².